The Labute approximate surface area is 103 Å². The second-order valence-corrected chi connectivity index (χ2v) is 3.56. The number of carbonyl (C=O) groups excluding carboxylic acids is 1. The quantitative estimate of drug-likeness (QED) is 0.868. The van der Waals surface area contributed by atoms with Gasteiger partial charge in [-0.15, -0.1) is 0 Å². The minimum absolute atomic E-state index is 0.00619. The van der Waals surface area contributed by atoms with Crippen LogP contribution in [0.1, 0.15) is 10.5 Å². The average Bonchev–Trinajstić information content (AvgIpc) is 2.83. The summed E-state index contributed by atoms with van der Waals surface area (Å²) in [6.45, 7) is 0. The standard InChI is InChI=1S/C11H12N4O3/c1-15(7-3-5-8(17-2)6-4-7)11(16)9-10(12)14-18-13-9/h3-6H,1-2H3,(H2,12,14). The first-order valence-electron chi connectivity index (χ1n) is 5.13. The number of ether oxygens (including phenoxy) is 1. The largest absolute Gasteiger partial charge is 0.497 e. The molecule has 94 valence electrons. The summed E-state index contributed by atoms with van der Waals surface area (Å²) >= 11 is 0. The highest BCUT2D eigenvalue weighted by atomic mass is 16.6. The molecule has 0 aliphatic rings. The van der Waals surface area contributed by atoms with Gasteiger partial charge in [0.2, 0.25) is 11.5 Å². The molecule has 0 aliphatic heterocycles. The molecule has 2 rings (SSSR count). The number of hydrogen-bond acceptors (Lipinski definition) is 6. The predicted molar refractivity (Wildman–Crippen MR) is 64.4 cm³/mol. The van der Waals surface area contributed by atoms with Crippen molar-refractivity contribution in [1.29, 1.82) is 0 Å². The van der Waals surface area contributed by atoms with Crippen molar-refractivity contribution in [2.45, 2.75) is 0 Å². The molecule has 0 saturated carbocycles. The lowest BCUT2D eigenvalue weighted by atomic mass is 10.2. The highest BCUT2D eigenvalue weighted by Crippen LogP contribution is 2.20. The highest BCUT2D eigenvalue weighted by Gasteiger charge is 2.21. The maximum absolute atomic E-state index is 12.0. The number of rotatable bonds is 3. The zero-order valence-electron chi connectivity index (χ0n) is 9.95. The molecule has 0 bridgehead atoms. The van der Waals surface area contributed by atoms with E-state index in [9.17, 15) is 4.79 Å². The van der Waals surface area contributed by atoms with Crippen LogP contribution in [0.2, 0.25) is 0 Å². The molecular weight excluding hydrogens is 236 g/mol. The number of nitrogen functional groups attached to an aromatic ring is 1. The third kappa shape index (κ3) is 2.10. The summed E-state index contributed by atoms with van der Waals surface area (Å²) in [4.78, 5) is 13.4. The van der Waals surface area contributed by atoms with Crippen molar-refractivity contribution in [3.05, 3.63) is 30.0 Å². The number of carbonyl (C=O) groups is 1. The van der Waals surface area contributed by atoms with E-state index >= 15 is 0 Å². The fourth-order valence-corrected chi connectivity index (χ4v) is 1.43. The Hall–Kier alpha value is -2.57. The van der Waals surface area contributed by atoms with Gasteiger partial charge >= 0.3 is 0 Å². The number of hydrogen-bond donors (Lipinski definition) is 1. The van der Waals surface area contributed by atoms with Crippen LogP contribution in [0.4, 0.5) is 11.5 Å². The molecule has 7 heteroatoms. The lowest BCUT2D eigenvalue weighted by molar-refractivity contribution is 0.0984. The number of amides is 1. The molecule has 0 aliphatic carbocycles. The van der Waals surface area contributed by atoms with E-state index in [2.05, 4.69) is 14.9 Å². The molecule has 0 atom stereocenters. The zero-order chi connectivity index (χ0) is 13.1. The van der Waals surface area contributed by atoms with E-state index in [1.54, 1.807) is 38.4 Å². The maximum atomic E-state index is 12.0. The third-order valence-electron chi connectivity index (χ3n) is 2.48. The van der Waals surface area contributed by atoms with Crippen LogP contribution >= 0.6 is 0 Å². The molecule has 1 amide bonds. The molecule has 0 radical (unpaired) electrons. The Morgan fingerprint density at radius 1 is 1.33 bits per heavy atom. The molecule has 7 nitrogen and oxygen atoms in total. The van der Waals surface area contributed by atoms with Crippen LogP contribution in [0.5, 0.6) is 5.75 Å². The van der Waals surface area contributed by atoms with Crippen LogP contribution in [0.25, 0.3) is 0 Å². The fraction of sp³-hybridized carbons (Fsp3) is 0.182. The van der Waals surface area contributed by atoms with Crippen LogP contribution in [0.3, 0.4) is 0 Å². The highest BCUT2D eigenvalue weighted by molar-refractivity contribution is 6.06. The molecule has 2 N–H and O–H groups in total. The number of aromatic nitrogens is 2. The van der Waals surface area contributed by atoms with E-state index in [0.29, 0.717) is 11.4 Å². The van der Waals surface area contributed by atoms with Gasteiger partial charge in [-0.25, -0.2) is 4.63 Å². The summed E-state index contributed by atoms with van der Waals surface area (Å²) in [5.41, 5.74) is 6.15. The van der Waals surface area contributed by atoms with Crippen molar-refractivity contribution in [3.8, 4) is 5.75 Å². The number of methoxy groups -OCH3 is 1. The van der Waals surface area contributed by atoms with Gasteiger partial charge in [-0.1, -0.05) is 0 Å². The van der Waals surface area contributed by atoms with Gasteiger partial charge in [0, 0.05) is 12.7 Å². The smallest absolute Gasteiger partial charge is 0.284 e. The van der Waals surface area contributed by atoms with Crippen molar-refractivity contribution in [1.82, 2.24) is 10.3 Å². The summed E-state index contributed by atoms with van der Waals surface area (Å²) in [6, 6.07) is 7.01. The molecule has 1 aromatic heterocycles. The van der Waals surface area contributed by atoms with Crippen LogP contribution < -0.4 is 15.4 Å². The van der Waals surface area contributed by atoms with E-state index in [1.807, 2.05) is 0 Å². The van der Waals surface area contributed by atoms with Crippen LogP contribution in [0.15, 0.2) is 28.9 Å². The maximum Gasteiger partial charge on any atom is 0.284 e. The van der Waals surface area contributed by atoms with E-state index in [4.69, 9.17) is 10.5 Å². The minimum Gasteiger partial charge on any atom is -0.497 e. The molecule has 18 heavy (non-hydrogen) atoms. The average molecular weight is 248 g/mol. The Morgan fingerprint density at radius 2 is 2.00 bits per heavy atom. The van der Waals surface area contributed by atoms with Crippen molar-refractivity contribution >= 4 is 17.4 Å². The second kappa shape index (κ2) is 4.74. The monoisotopic (exact) mass is 248 g/mol. The topological polar surface area (TPSA) is 94.5 Å². The van der Waals surface area contributed by atoms with Crippen molar-refractivity contribution in [2.24, 2.45) is 0 Å². The lowest BCUT2D eigenvalue weighted by Crippen LogP contribution is -2.27. The summed E-state index contributed by atoms with van der Waals surface area (Å²) in [7, 11) is 3.18. The van der Waals surface area contributed by atoms with Gasteiger partial charge in [-0.2, -0.15) is 0 Å². The molecule has 2 aromatic rings. The Kier molecular flexibility index (Phi) is 3.13. The Morgan fingerprint density at radius 3 is 2.50 bits per heavy atom. The number of benzene rings is 1. The van der Waals surface area contributed by atoms with Crippen LogP contribution in [0, 0.1) is 0 Å². The number of nitrogens with zero attached hydrogens (tertiary/aromatic N) is 3. The summed E-state index contributed by atoms with van der Waals surface area (Å²) in [6.07, 6.45) is 0. The summed E-state index contributed by atoms with van der Waals surface area (Å²) < 4.78 is 9.44. The van der Waals surface area contributed by atoms with Gasteiger partial charge in [0.15, 0.2) is 0 Å². The summed E-state index contributed by atoms with van der Waals surface area (Å²) in [5, 5.41) is 6.83. The van der Waals surface area contributed by atoms with E-state index in [1.165, 1.54) is 4.90 Å². The first-order chi connectivity index (χ1) is 8.63. The predicted octanol–water partition coefficient (Wildman–Crippen LogP) is 0.937. The molecular formula is C11H12N4O3. The first kappa shape index (κ1) is 11.9. The van der Waals surface area contributed by atoms with Gasteiger partial charge in [-0.05, 0) is 34.6 Å². The fourth-order valence-electron chi connectivity index (χ4n) is 1.43. The molecule has 0 fully saturated rings. The minimum atomic E-state index is -0.390. The number of nitrogens with two attached hydrogens (primary N) is 1. The Balaban J connectivity index is 2.23. The van der Waals surface area contributed by atoms with E-state index < -0.39 is 0 Å². The zero-order valence-corrected chi connectivity index (χ0v) is 9.95. The molecule has 0 unspecified atom stereocenters. The molecule has 0 spiro atoms. The second-order valence-electron chi connectivity index (χ2n) is 3.56. The van der Waals surface area contributed by atoms with Crippen LogP contribution in [-0.4, -0.2) is 30.4 Å². The van der Waals surface area contributed by atoms with Gasteiger partial charge in [0.05, 0.1) is 7.11 Å². The molecule has 0 saturated heterocycles. The Bertz CT molecular complexity index is 550. The summed E-state index contributed by atoms with van der Waals surface area (Å²) in [5.74, 6) is 0.293. The van der Waals surface area contributed by atoms with E-state index in [-0.39, 0.29) is 17.4 Å². The SMILES string of the molecule is COc1ccc(N(C)C(=O)c2nonc2N)cc1. The third-order valence-corrected chi connectivity index (χ3v) is 2.48. The van der Waals surface area contributed by atoms with Crippen molar-refractivity contribution in [2.75, 3.05) is 24.8 Å². The number of anilines is 2. The molecule has 1 aromatic carbocycles. The van der Waals surface area contributed by atoms with Crippen molar-refractivity contribution in [3.63, 3.8) is 0 Å². The lowest BCUT2D eigenvalue weighted by Gasteiger charge is -2.15. The van der Waals surface area contributed by atoms with E-state index in [0.717, 1.165) is 0 Å². The van der Waals surface area contributed by atoms with Gasteiger partial charge < -0.3 is 15.4 Å². The van der Waals surface area contributed by atoms with Crippen LogP contribution in [-0.2, 0) is 0 Å². The van der Waals surface area contributed by atoms with Crippen molar-refractivity contribution < 1.29 is 14.2 Å². The normalized spacial score (nSPS) is 10.1. The first-order valence-corrected chi connectivity index (χ1v) is 5.13. The van der Waals surface area contributed by atoms with Gasteiger partial charge in [0.25, 0.3) is 5.91 Å². The van der Waals surface area contributed by atoms with Gasteiger partial charge in [0.1, 0.15) is 5.75 Å². The van der Waals surface area contributed by atoms with Gasteiger partial charge in [-0.3, -0.25) is 4.79 Å². The molecule has 1 heterocycles.